The van der Waals surface area contributed by atoms with Gasteiger partial charge in [0.2, 0.25) is 6.08 Å². The molecule has 1 fully saturated rings. The maximum atomic E-state index is 11.9. The lowest BCUT2D eigenvalue weighted by molar-refractivity contribution is 0.00578. The van der Waals surface area contributed by atoms with E-state index in [9.17, 15) is 19.2 Å². The van der Waals surface area contributed by atoms with Crippen molar-refractivity contribution in [3.63, 3.8) is 0 Å². The first-order valence-electron chi connectivity index (χ1n) is 42.5. The van der Waals surface area contributed by atoms with Crippen LogP contribution >= 0.6 is 63.7 Å². The highest BCUT2D eigenvalue weighted by atomic mass is 79.9. The number of hydrogen-bond donors (Lipinski definition) is 8. The number of isocyanates is 1. The van der Waals surface area contributed by atoms with Crippen LogP contribution in [0.5, 0.6) is 0 Å². The van der Waals surface area contributed by atoms with Gasteiger partial charge in [-0.1, -0.05) is 99.9 Å². The fraction of sp³-hybridized carbons (Fsp3) is 0.250. The predicted octanol–water partition coefficient (Wildman–Crippen LogP) is 19.5. The number of nitrogens with zero attached hydrogens (tertiary/aromatic N) is 14. The van der Waals surface area contributed by atoms with Crippen LogP contribution < -0.4 is 28.4 Å². The van der Waals surface area contributed by atoms with Crippen LogP contribution in [0.3, 0.4) is 0 Å². The van der Waals surface area contributed by atoms with E-state index in [1.807, 2.05) is 147 Å². The second-order valence-corrected chi connectivity index (χ2v) is 49.6. The number of ether oxygens (including phenoxy) is 2. The van der Waals surface area contributed by atoms with Gasteiger partial charge in [-0.25, -0.2) is 34.1 Å². The quantitative estimate of drug-likeness (QED) is 0.0152. The van der Waals surface area contributed by atoms with Gasteiger partial charge in [-0.2, -0.15) is 15.3 Å². The van der Waals surface area contributed by atoms with Crippen molar-refractivity contribution in [2.24, 2.45) is 27.9 Å². The number of carbonyl (C=O) groups is 4. The number of rotatable bonds is 20. The lowest BCUT2D eigenvalue weighted by Gasteiger charge is -2.32. The Balaban J connectivity index is 0.000000154. The Kier molecular flexibility index (Phi) is 32.7. The van der Waals surface area contributed by atoms with E-state index >= 15 is 0 Å². The fourth-order valence-corrected chi connectivity index (χ4v) is 17.0. The van der Waals surface area contributed by atoms with Crippen LogP contribution in [0.15, 0.2) is 212 Å². The van der Waals surface area contributed by atoms with E-state index in [1.165, 1.54) is 43.5 Å². The Morgan fingerprint density at radius 2 is 0.791 bits per heavy atom. The molecule has 12 N–H and O–H groups in total. The number of benzene rings is 6. The van der Waals surface area contributed by atoms with Crippen LogP contribution in [0.4, 0.5) is 0 Å². The molecular formula is C96H103BBr4N22O9Si2. The van der Waals surface area contributed by atoms with Crippen molar-refractivity contribution in [2.75, 3.05) is 20.3 Å². The molecule has 4 amide bonds. The number of H-pyrrole nitrogens is 4. The van der Waals surface area contributed by atoms with Crippen molar-refractivity contribution >= 4 is 188 Å². The second-order valence-electron chi connectivity index (χ2n) is 34.9. The third-order valence-electron chi connectivity index (χ3n) is 22.5. The Labute approximate surface area is 809 Å². The number of imidazole rings is 3. The molecule has 1 aliphatic rings. The van der Waals surface area contributed by atoms with E-state index < -0.39 is 58.1 Å². The normalized spacial score (nSPS) is 12.6. The number of carbonyl (C=O) groups excluding carboxylic acids is 5. The number of aromatic nitrogens is 17. The Bertz CT molecular complexity index is 7040. The lowest BCUT2D eigenvalue weighted by atomic mass is 9.78. The summed E-state index contributed by atoms with van der Waals surface area (Å²) in [5, 5.41) is 20.2. The van der Waals surface area contributed by atoms with Gasteiger partial charge in [-0.05, 0) is 249 Å². The van der Waals surface area contributed by atoms with Crippen LogP contribution in [0.2, 0.25) is 51.4 Å². The molecule has 690 valence electrons. The van der Waals surface area contributed by atoms with Gasteiger partial charge in [0, 0.05) is 144 Å². The molecule has 134 heavy (non-hydrogen) atoms. The Hall–Kier alpha value is -12.6. The van der Waals surface area contributed by atoms with E-state index in [0.717, 1.165) is 175 Å². The first kappa shape index (κ1) is 100. The zero-order valence-corrected chi connectivity index (χ0v) is 85.3. The van der Waals surface area contributed by atoms with Gasteiger partial charge < -0.3 is 56.7 Å². The molecule has 18 rings (SSSR count). The van der Waals surface area contributed by atoms with Crippen LogP contribution in [0.25, 0.3) is 123 Å². The largest absolute Gasteiger partial charge is 0.494 e. The third-order valence-corrected chi connectivity index (χ3v) is 29.1. The number of primary amides is 4. The second kappa shape index (κ2) is 43.6. The van der Waals surface area contributed by atoms with Crippen molar-refractivity contribution < 1.29 is 42.8 Å². The van der Waals surface area contributed by atoms with Gasteiger partial charge in [0.05, 0.1) is 83.1 Å². The molecule has 0 radical (unpaired) electrons. The van der Waals surface area contributed by atoms with Crippen LogP contribution in [-0.4, -0.2) is 169 Å². The smallest absolute Gasteiger partial charge is 0.399 e. The summed E-state index contributed by atoms with van der Waals surface area (Å²) in [5.41, 5.74) is 41.8. The summed E-state index contributed by atoms with van der Waals surface area (Å²) in [6.07, 6.45) is 17.5. The summed E-state index contributed by atoms with van der Waals surface area (Å²) in [4.78, 5) is 101. The number of nitrogens with two attached hydrogens (primary N) is 4. The molecule has 11 aromatic heterocycles. The van der Waals surface area contributed by atoms with Gasteiger partial charge in [0.15, 0.2) is 17.5 Å². The van der Waals surface area contributed by atoms with Crippen molar-refractivity contribution in [1.29, 1.82) is 0 Å². The van der Waals surface area contributed by atoms with E-state index in [-0.39, 0.29) is 0 Å². The molecule has 0 aliphatic carbocycles. The molecule has 1 aliphatic heterocycles. The first-order valence-corrected chi connectivity index (χ1v) is 53.1. The summed E-state index contributed by atoms with van der Waals surface area (Å²) in [5.74, 6) is 0.259. The van der Waals surface area contributed by atoms with Gasteiger partial charge in [0.1, 0.15) is 30.5 Å². The van der Waals surface area contributed by atoms with Crippen LogP contribution in [-0.2, 0) is 37.0 Å². The SMILES string of the molecule is CC1(C)OB(c2ccc3c(c2)c(-c2nc4ccccc4[nH]2)nn3COCC[Si](C)(C)C)OC1(C)C.CN=C=O.Cc1c(Br)cncc1Br.Cc1c(Br)cncc1C(N)=O.Cc1c(Br)cncc1C(N)=O.Cc1c(C(N)=O)cncc1-c1ccc2[nH]nc(-c3nc4ccccc4[nH]3)c2c1.Cc1c(C(N)=O)cncc1-c1ccc2c(c1)c(-c1nc3ccccc3[nH]1)nn2COCC[Si](C)(C)C. The van der Waals surface area contributed by atoms with Crippen molar-refractivity contribution in [2.45, 2.75) is 138 Å². The Morgan fingerprint density at radius 3 is 1.16 bits per heavy atom. The Morgan fingerprint density at radius 1 is 0.448 bits per heavy atom. The summed E-state index contributed by atoms with van der Waals surface area (Å²) in [7, 11) is -1.41. The number of nitrogens with one attached hydrogen (secondary N) is 4. The molecule has 12 heterocycles. The number of amides is 4. The number of hydrogen-bond acceptors (Lipinski definition) is 21. The number of aromatic amines is 4. The van der Waals surface area contributed by atoms with Crippen LogP contribution in [0, 0.1) is 34.6 Å². The topological polar surface area (TPSA) is 454 Å². The van der Waals surface area contributed by atoms with Crippen LogP contribution in [0.1, 0.15) is 96.9 Å². The minimum Gasteiger partial charge on any atom is -0.399 e. The molecule has 1 saturated heterocycles. The maximum Gasteiger partial charge on any atom is 0.494 e. The molecule has 0 bridgehead atoms. The predicted molar refractivity (Wildman–Crippen MR) is 547 cm³/mol. The molecule has 38 heteroatoms. The number of para-hydroxylation sites is 6. The minimum atomic E-state index is -1.19. The number of fused-ring (bicyclic) bond motifs is 6. The molecule has 0 unspecified atom stereocenters. The molecule has 6 aromatic carbocycles. The zero-order valence-electron chi connectivity index (χ0n) is 77.0. The molecule has 0 saturated carbocycles. The minimum absolute atomic E-state index is 0.359. The highest BCUT2D eigenvalue weighted by Gasteiger charge is 2.52. The molecule has 17 aromatic rings. The number of pyridine rings is 5. The summed E-state index contributed by atoms with van der Waals surface area (Å²) >= 11 is 13.2. The van der Waals surface area contributed by atoms with Crippen molar-refractivity contribution in [3.8, 4) is 56.8 Å². The summed E-state index contributed by atoms with van der Waals surface area (Å²) < 4.78 is 32.2. The number of aliphatic imine (C=N–C) groups is 1. The number of halogens is 4. The third kappa shape index (κ3) is 24.3. The van der Waals surface area contributed by atoms with Crippen molar-refractivity contribution in [3.05, 3.63) is 257 Å². The van der Waals surface area contributed by atoms with Gasteiger partial charge in [-0.3, -0.25) is 49.2 Å². The van der Waals surface area contributed by atoms with Crippen molar-refractivity contribution in [1.82, 2.24) is 84.6 Å². The fourth-order valence-electron chi connectivity index (χ4n) is 13.9. The van der Waals surface area contributed by atoms with Gasteiger partial charge >= 0.3 is 7.12 Å². The van der Waals surface area contributed by atoms with Gasteiger partial charge in [-0.15, -0.1) is 0 Å². The average Bonchev–Trinajstić information content (AvgIpc) is 1.60. The molecule has 0 atom stereocenters. The molecule has 31 nitrogen and oxygen atoms in total. The molecular weight excluding hydrogens is 1990 g/mol. The zero-order chi connectivity index (χ0) is 96.8. The first-order chi connectivity index (χ1) is 63.6. The summed E-state index contributed by atoms with van der Waals surface area (Å²) in [6.45, 7) is 34.0. The lowest BCUT2D eigenvalue weighted by Crippen LogP contribution is -2.41. The average molecular weight is 2100 g/mol. The van der Waals surface area contributed by atoms with E-state index in [0.29, 0.717) is 54.0 Å². The molecule has 0 spiro atoms. The van der Waals surface area contributed by atoms with E-state index in [1.54, 1.807) is 37.2 Å². The van der Waals surface area contributed by atoms with Gasteiger partial charge in [0.25, 0.3) is 23.6 Å². The summed E-state index contributed by atoms with van der Waals surface area (Å²) in [6, 6.07) is 44.3. The standard InChI is InChI=1S/C27H30N6O2Si.C26H35BN4O3Si.C21H16N6O.2C7H7BrN2O.C6H5Br2N.C2H3NO/c1-17-20(14-29-15-21(17)26(28)34)18-9-10-24-19(13-18)25(27-30-22-7-5-6-8-23(22)31-27)32-33(24)16-35-11-12-36(2,3)4;1-25(2)26(3,4)34-27(33-25)18-12-13-22-19(16-18)23(24-28-20-10-8-9-11-21(20)29-24)30-31(22)17-32-14-15-35(5,6)7;1-11-14(9-23-10-15(11)20(22)28)12-6-7-16-13(8-12)19(27-26-16)21-24-17-4-2-3-5-18(17)25-21;2*1-4-5(7(9)11)2-10-3-6(4)8;1-4-5(7)2-9-3-6(4)8;1-3-2-4/h5-10,13-15H,11-12,16H2,1-4H3,(H2,28,34)(H,30,31);8-13,16H,14-15,17H2,1-7H3,(H,28,29);2-10H,1H3,(H2,22,28)(H,24,25)(H,26,27);2*2-3H,1H3,(H2,9,11);2-3H,1H3;1H3. The monoisotopic (exact) mass is 2090 g/mol. The van der Waals surface area contributed by atoms with E-state index in [4.69, 9.17) is 66.7 Å². The highest BCUT2D eigenvalue weighted by Crippen LogP contribution is 2.40. The van der Waals surface area contributed by atoms with E-state index in [2.05, 4.69) is 215 Å². The highest BCUT2D eigenvalue weighted by molar-refractivity contribution is 9.11. The maximum absolute atomic E-state index is 11.9.